The van der Waals surface area contributed by atoms with Crippen LogP contribution in [0.5, 0.6) is 5.75 Å². The standard InChI is InChI=1S/C18H28N2O4.C7H8ClN3O4S2/c1-5-6-18(23)20-14-7-8-17(16(9-14)13(4)21)24-11-15(22)10-19-12(2)3;8-4-1-5-7(2-6(4)16(9,12)13)17(14,15)11-3-10-5/h7-9,12,15,19,22H,5-6,10-11H2,1-4H3,(H,20,23);1-2,10-11H,3H2,(H2,9,12,13). The van der Waals surface area contributed by atoms with Crippen molar-refractivity contribution in [2.45, 2.75) is 62.5 Å². The largest absolute Gasteiger partial charge is 0.490 e. The van der Waals surface area contributed by atoms with E-state index in [2.05, 4.69) is 20.7 Å². The number of ketones is 1. The Hall–Kier alpha value is -2.79. The van der Waals surface area contributed by atoms with Crippen LogP contribution in [0.2, 0.25) is 5.02 Å². The highest BCUT2D eigenvalue weighted by Crippen LogP contribution is 2.32. The molecule has 0 saturated carbocycles. The monoisotopic (exact) mass is 633 g/mol. The van der Waals surface area contributed by atoms with Gasteiger partial charge < -0.3 is 25.8 Å². The highest BCUT2D eigenvalue weighted by Gasteiger charge is 2.27. The van der Waals surface area contributed by atoms with E-state index < -0.39 is 31.0 Å². The second-order valence-electron chi connectivity index (χ2n) is 9.42. The third-order valence-electron chi connectivity index (χ3n) is 5.48. The van der Waals surface area contributed by atoms with Crippen LogP contribution in [0.1, 0.15) is 50.9 Å². The van der Waals surface area contributed by atoms with E-state index in [1.165, 1.54) is 13.0 Å². The summed E-state index contributed by atoms with van der Waals surface area (Å²) in [6.45, 7) is 7.87. The van der Waals surface area contributed by atoms with Crippen LogP contribution in [0.15, 0.2) is 40.1 Å². The van der Waals surface area contributed by atoms with Crippen molar-refractivity contribution in [3.63, 3.8) is 0 Å². The Labute approximate surface area is 245 Å². The fraction of sp³-hybridized carbons (Fsp3) is 0.440. The Morgan fingerprint density at radius 2 is 1.90 bits per heavy atom. The molecule has 1 heterocycles. The summed E-state index contributed by atoms with van der Waals surface area (Å²) in [7, 11) is -7.80. The first-order valence-corrected chi connectivity index (χ1v) is 16.0. The lowest BCUT2D eigenvalue weighted by atomic mass is 10.1. The zero-order valence-electron chi connectivity index (χ0n) is 23.2. The molecule has 0 bridgehead atoms. The van der Waals surface area contributed by atoms with E-state index in [0.717, 1.165) is 12.5 Å². The van der Waals surface area contributed by atoms with Gasteiger partial charge in [-0.25, -0.2) is 22.0 Å². The van der Waals surface area contributed by atoms with E-state index in [1.807, 2.05) is 20.8 Å². The zero-order chi connectivity index (χ0) is 31.0. The van der Waals surface area contributed by atoms with E-state index in [-0.39, 0.29) is 46.6 Å². The molecule has 1 unspecified atom stereocenters. The maximum absolute atomic E-state index is 11.8. The summed E-state index contributed by atoms with van der Waals surface area (Å²) in [5.41, 5.74) is 1.18. The van der Waals surface area contributed by atoms with Crippen molar-refractivity contribution >= 4 is 54.7 Å². The molecule has 1 aliphatic heterocycles. The number of Topliss-reactive ketones (excluding diaryl/α,β-unsaturated/α-hetero) is 1. The highest BCUT2D eigenvalue weighted by atomic mass is 35.5. The molecule has 1 amide bonds. The molecule has 228 valence electrons. The molecule has 0 aliphatic carbocycles. The second-order valence-corrected chi connectivity index (χ2v) is 13.1. The molecule has 0 aromatic heterocycles. The van der Waals surface area contributed by atoms with E-state index in [9.17, 15) is 31.5 Å². The number of amides is 1. The third kappa shape index (κ3) is 10.5. The van der Waals surface area contributed by atoms with Gasteiger partial charge in [-0.15, -0.1) is 0 Å². The van der Waals surface area contributed by atoms with E-state index in [1.54, 1.807) is 18.2 Å². The second kappa shape index (κ2) is 14.9. The van der Waals surface area contributed by atoms with Crippen LogP contribution < -0.4 is 30.5 Å². The minimum atomic E-state index is -4.07. The number of anilines is 2. The molecule has 3 rings (SSSR count). The van der Waals surface area contributed by atoms with Crippen molar-refractivity contribution in [3.8, 4) is 5.75 Å². The summed E-state index contributed by atoms with van der Waals surface area (Å²) in [6.07, 6.45) is 0.522. The summed E-state index contributed by atoms with van der Waals surface area (Å²) >= 11 is 5.72. The number of benzene rings is 2. The smallest absolute Gasteiger partial charge is 0.244 e. The highest BCUT2D eigenvalue weighted by molar-refractivity contribution is 7.90. The first-order valence-electron chi connectivity index (χ1n) is 12.6. The SMILES string of the molecule is CCCC(=O)Nc1ccc(OCC(O)CNC(C)C)c(C(C)=O)c1.NS(=O)(=O)c1cc2c(cc1Cl)NCNS2(=O)=O. The van der Waals surface area contributed by atoms with Crippen LogP contribution in [0.25, 0.3) is 0 Å². The zero-order valence-corrected chi connectivity index (χ0v) is 25.5. The lowest BCUT2D eigenvalue weighted by molar-refractivity contribution is -0.116. The average Bonchev–Trinajstić information content (AvgIpc) is 2.85. The van der Waals surface area contributed by atoms with Crippen molar-refractivity contribution in [2.75, 3.05) is 30.5 Å². The van der Waals surface area contributed by atoms with Gasteiger partial charge in [-0.05, 0) is 43.7 Å². The van der Waals surface area contributed by atoms with Gasteiger partial charge in [0.05, 0.1) is 22.9 Å². The number of hydrogen-bond acceptors (Lipinski definition) is 10. The molecular formula is C25H36ClN5O8S2. The molecule has 0 fully saturated rings. The summed E-state index contributed by atoms with van der Waals surface area (Å²) in [5, 5.41) is 23.3. The van der Waals surface area contributed by atoms with E-state index >= 15 is 0 Å². The van der Waals surface area contributed by atoms with Crippen molar-refractivity contribution in [1.82, 2.24) is 10.0 Å². The van der Waals surface area contributed by atoms with Crippen molar-refractivity contribution < 1.29 is 36.3 Å². The number of carbonyl (C=O) groups is 2. The Kier molecular flexibility index (Phi) is 12.5. The number of halogens is 1. The molecule has 1 atom stereocenters. The van der Waals surface area contributed by atoms with Gasteiger partial charge >= 0.3 is 0 Å². The van der Waals surface area contributed by atoms with E-state index in [4.69, 9.17) is 21.5 Å². The van der Waals surface area contributed by atoms with Gasteiger partial charge in [0.1, 0.15) is 28.3 Å². The fourth-order valence-corrected chi connectivity index (χ4v) is 5.78. The summed E-state index contributed by atoms with van der Waals surface area (Å²) < 4.78 is 53.5. The van der Waals surface area contributed by atoms with Gasteiger partial charge in [0, 0.05) is 24.7 Å². The third-order valence-corrected chi connectivity index (χ3v) is 8.30. The molecule has 1 aliphatic rings. The molecule has 16 heteroatoms. The molecule has 7 N–H and O–H groups in total. The van der Waals surface area contributed by atoms with Gasteiger partial charge in [-0.1, -0.05) is 32.4 Å². The summed E-state index contributed by atoms with van der Waals surface area (Å²) in [4.78, 5) is 22.9. The molecule has 0 spiro atoms. The molecule has 2 aromatic rings. The lowest BCUT2D eigenvalue weighted by Crippen LogP contribution is -2.35. The molecular weight excluding hydrogens is 598 g/mol. The molecule has 13 nitrogen and oxygen atoms in total. The minimum Gasteiger partial charge on any atom is -0.490 e. The quantitative estimate of drug-likeness (QED) is 0.198. The van der Waals surface area contributed by atoms with Crippen LogP contribution >= 0.6 is 11.6 Å². The Morgan fingerprint density at radius 3 is 2.49 bits per heavy atom. The number of hydrogen-bond donors (Lipinski definition) is 6. The van der Waals surface area contributed by atoms with Gasteiger partial charge in [0.15, 0.2) is 5.78 Å². The number of aliphatic hydroxyl groups is 1. The number of ether oxygens (including phenoxy) is 1. The number of sulfonamides is 2. The molecule has 2 aromatic carbocycles. The van der Waals surface area contributed by atoms with Gasteiger partial charge in [-0.3, -0.25) is 9.59 Å². The molecule has 0 saturated heterocycles. The van der Waals surface area contributed by atoms with Crippen LogP contribution in [-0.2, 0) is 24.8 Å². The minimum absolute atomic E-state index is 0.0143. The number of nitrogens with one attached hydrogen (secondary N) is 4. The number of fused-ring (bicyclic) bond motifs is 1. The first kappa shape index (κ1) is 34.4. The van der Waals surface area contributed by atoms with Crippen LogP contribution in [-0.4, -0.2) is 65.6 Å². The van der Waals surface area contributed by atoms with Crippen LogP contribution in [0, 0.1) is 0 Å². The van der Waals surface area contributed by atoms with Crippen LogP contribution in [0.3, 0.4) is 0 Å². The average molecular weight is 634 g/mol. The van der Waals surface area contributed by atoms with Crippen LogP contribution in [0.4, 0.5) is 11.4 Å². The first-order chi connectivity index (χ1) is 19.0. The van der Waals surface area contributed by atoms with Crippen molar-refractivity contribution in [1.29, 1.82) is 0 Å². The lowest BCUT2D eigenvalue weighted by Gasteiger charge is -2.20. The Balaban J connectivity index is 0.000000303. The van der Waals surface area contributed by atoms with E-state index in [0.29, 0.717) is 30.0 Å². The normalized spacial score (nSPS) is 14.6. The van der Waals surface area contributed by atoms with Gasteiger partial charge in [0.2, 0.25) is 26.0 Å². The Morgan fingerprint density at radius 1 is 1.22 bits per heavy atom. The summed E-state index contributed by atoms with van der Waals surface area (Å²) in [5.74, 6) is 0.154. The molecule has 41 heavy (non-hydrogen) atoms. The summed E-state index contributed by atoms with van der Waals surface area (Å²) in [6, 6.07) is 7.36. The fourth-order valence-electron chi connectivity index (χ4n) is 3.49. The van der Waals surface area contributed by atoms with Crippen molar-refractivity contribution in [3.05, 3.63) is 40.9 Å². The van der Waals surface area contributed by atoms with Crippen molar-refractivity contribution in [2.24, 2.45) is 5.14 Å². The van der Waals surface area contributed by atoms with Gasteiger partial charge in [0.25, 0.3) is 0 Å². The number of rotatable bonds is 11. The Bertz CT molecular complexity index is 1470. The number of nitrogens with two attached hydrogens (primary N) is 1. The topological polar surface area (TPSA) is 206 Å². The predicted molar refractivity (Wildman–Crippen MR) is 156 cm³/mol. The maximum Gasteiger partial charge on any atom is 0.244 e. The molecule has 0 radical (unpaired) electrons. The number of primary sulfonamides is 1. The predicted octanol–water partition coefficient (Wildman–Crippen LogP) is 2.01. The van der Waals surface area contributed by atoms with Gasteiger partial charge in [-0.2, -0.15) is 4.72 Å². The number of carbonyl (C=O) groups excluding carboxylic acids is 2. The maximum atomic E-state index is 11.8. The number of aliphatic hydroxyl groups excluding tert-OH is 1.